The number of aromatic nitrogens is 1. The zero-order valence-electron chi connectivity index (χ0n) is 13.0. The van der Waals surface area contributed by atoms with Gasteiger partial charge in [-0.05, 0) is 49.2 Å². The fourth-order valence-corrected chi connectivity index (χ4v) is 3.36. The highest BCUT2D eigenvalue weighted by atomic mass is 15.1. The molecule has 0 saturated carbocycles. The Bertz CT molecular complexity index is 621. The molecule has 1 aromatic heterocycles. The fourth-order valence-electron chi connectivity index (χ4n) is 3.36. The maximum absolute atomic E-state index is 4.64. The van der Waals surface area contributed by atoms with Crippen LogP contribution in [0.2, 0.25) is 0 Å². The SMILES string of the molecule is CNC(c1cccc(N(C)C)c1)C1CCc2cccnc21. The van der Waals surface area contributed by atoms with E-state index in [2.05, 4.69) is 59.6 Å². The standard InChI is InChI=1S/C18H23N3/c1-19-17(14-6-4-8-15(12-14)21(2)3)16-10-9-13-7-5-11-20-18(13)16/h4-8,11-12,16-17,19H,9-10H2,1-3H3. The van der Waals surface area contributed by atoms with Crippen molar-refractivity contribution < 1.29 is 0 Å². The van der Waals surface area contributed by atoms with Crippen molar-refractivity contribution in [3.8, 4) is 0 Å². The first kappa shape index (κ1) is 14.1. The second kappa shape index (κ2) is 5.86. The van der Waals surface area contributed by atoms with Gasteiger partial charge in [0.15, 0.2) is 0 Å². The first-order valence-electron chi connectivity index (χ1n) is 7.59. The van der Waals surface area contributed by atoms with Gasteiger partial charge >= 0.3 is 0 Å². The smallest absolute Gasteiger partial charge is 0.0485 e. The molecule has 1 N–H and O–H groups in total. The maximum atomic E-state index is 4.64. The minimum atomic E-state index is 0.320. The Labute approximate surface area is 127 Å². The lowest BCUT2D eigenvalue weighted by Crippen LogP contribution is -2.23. The molecule has 0 spiro atoms. The van der Waals surface area contributed by atoms with Gasteiger partial charge in [0.25, 0.3) is 0 Å². The number of likely N-dealkylation sites (N-methyl/N-ethyl adjacent to an activating group) is 1. The lowest BCUT2D eigenvalue weighted by molar-refractivity contribution is 0.470. The first-order chi connectivity index (χ1) is 10.2. The van der Waals surface area contributed by atoms with Crippen molar-refractivity contribution in [2.24, 2.45) is 0 Å². The van der Waals surface area contributed by atoms with Gasteiger partial charge in [-0.25, -0.2) is 0 Å². The summed E-state index contributed by atoms with van der Waals surface area (Å²) in [5.41, 5.74) is 5.26. The van der Waals surface area contributed by atoms with Crippen LogP contribution in [-0.2, 0) is 6.42 Å². The number of hydrogen-bond acceptors (Lipinski definition) is 3. The summed E-state index contributed by atoms with van der Waals surface area (Å²) in [6, 6.07) is 13.4. The van der Waals surface area contributed by atoms with Crippen molar-refractivity contribution in [3.63, 3.8) is 0 Å². The van der Waals surface area contributed by atoms with Crippen LogP contribution >= 0.6 is 0 Å². The molecule has 21 heavy (non-hydrogen) atoms. The van der Waals surface area contributed by atoms with E-state index in [-0.39, 0.29) is 0 Å². The molecular formula is C18H23N3. The highest BCUT2D eigenvalue weighted by Gasteiger charge is 2.31. The molecule has 3 rings (SSSR count). The van der Waals surface area contributed by atoms with E-state index in [4.69, 9.17) is 0 Å². The van der Waals surface area contributed by atoms with E-state index < -0.39 is 0 Å². The Morgan fingerprint density at radius 3 is 2.86 bits per heavy atom. The van der Waals surface area contributed by atoms with Gasteiger partial charge in [0.2, 0.25) is 0 Å². The Kier molecular flexibility index (Phi) is 3.93. The highest BCUT2D eigenvalue weighted by molar-refractivity contribution is 5.48. The van der Waals surface area contributed by atoms with Gasteiger partial charge in [-0.2, -0.15) is 0 Å². The van der Waals surface area contributed by atoms with Crippen LogP contribution in [0.1, 0.15) is 35.2 Å². The average Bonchev–Trinajstić information content (AvgIpc) is 2.93. The predicted octanol–water partition coefficient (Wildman–Crippen LogP) is 3.14. The van der Waals surface area contributed by atoms with Gasteiger partial charge < -0.3 is 10.2 Å². The van der Waals surface area contributed by atoms with Crippen molar-refractivity contribution >= 4 is 5.69 Å². The number of fused-ring (bicyclic) bond motifs is 1. The lowest BCUT2D eigenvalue weighted by Gasteiger charge is -2.25. The van der Waals surface area contributed by atoms with Crippen molar-refractivity contribution in [1.82, 2.24) is 10.3 Å². The summed E-state index contributed by atoms with van der Waals surface area (Å²) in [6.45, 7) is 0. The second-order valence-electron chi connectivity index (χ2n) is 5.95. The van der Waals surface area contributed by atoms with E-state index in [1.807, 2.05) is 19.3 Å². The van der Waals surface area contributed by atoms with Gasteiger partial charge in [-0.1, -0.05) is 18.2 Å². The van der Waals surface area contributed by atoms with E-state index in [1.54, 1.807) is 0 Å². The van der Waals surface area contributed by atoms with Crippen molar-refractivity contribution in [1.29, 1.82) is 0 Å². The third kappa shape index (κ3) is 2.66. The summed E-state index contributed by atoms with van der Waals surface area (Å²) in [7, 11) is 6.22. The maximum Gasteiger partial charge on any atom is 0.0485 e. The van der Waals surface area contributed by atoms with Crippen LogP contribution in [0.5, 0.6) is 0 Å². The first-order valence-corrected chi connectivity index (χ1v) is 7.59. The third-order valence-electron chi connectivity index (χ3n) is 4.46. The number of pyridine rings is 1. The Hall–Kier alpha value is -1.87. The molecule has 3 heteroatoms. The molecule has 1 aliphatic rings. The molecule has 0 bridgehead atoms. The molecule has 0 radical (unpaired) electrons. The Morgan fingerprint density at radius 1 is 1.24 bits per heavy atom. The van der Waals surface area contributed by atoms with Crippen LogP contribution in [0.15, 0.2) is 42.6 Å². The van der Waals surface area contributed by atoms with Gasteiger partial charge in [-0.3, -0.25) is 4.98 Å². The number of hydrogen-bond donors (Lipinski definition) is 1. The topological polar surface area (TPSA) is 28.2 Å². The van der Waals surface area contributed by atoms with Crippen molar-refractivity contribution in [2.75, 3.05) is 26.0 Å². The number of anilines is 1. The van der Waals surface area contributed by atoms with Crippen molar-refractivity contribution in [2.45, 2.75) is 24.8 Å². The summed E-state index contributed by atoms with van der Waals surface area (Å²) in [5.74, 6) is 0.462. The zero-order chi connectivity index (χ0) is 14.8. The molecule has 1 heterocycles. The Balaban J connectivity index is 1.95. The number of aryl methyl sites for hydroxylation is 1. The molecule has 2 atom stereocenters. The number of nitrogens with one attached hydrogen (secondary N) is 1. The minimum Gasteiger partial charge on any atom is -0.378 e. The van der Waals surface area contributed by atoms with E-state index >= 15 is 0 Å². The van der Waals surface area contributed by atoms with Gasteiger partial charge in [0.1, 0.15) is 0 Å². The Morgan fingerprint density at radius 2 is 2.10 bits per heavy atom. The molecule has 0 amide bonds. The molecule has 1 aromatic carbocycles. The lowest BCUT2D eigenvalue weighted by atomic mass is 9.90. The van der Waals surface area contributed by atoms with Crippen molar-refractivity contribution in [3.05, 3.63) is 59.4 Å². The fraction of sp³-hybridized carbons (Fsp3) is 0.389. The summed E-state index contributed by atoms with van der Waals surface area (Å²) in [6.07, 6.45) is 4.23. The number of benzene rings is 1. The monoisotopic (exact) mass is 281 g/mol. The second-order valence-corrected chi connectivity index (χ2v) is 5.95. The largest absolute Gasteiger partial charge is 0.378 e. The molecule has 0 aliphatic heterocycles. The molecule has 2 aromatic rings. The third-order valence-corrected chi connectivity index (χ3v) is 4.46. The zero-order valence-corrected chi connectivity index (χ0v) is 13.0. The van der Waals surface area contributed by atoms with E-state index in [0.29, 0.717) is 12.0 Å². The average molecular weight is 281 g/mol. The minimum absolute atomic E-state index is 0.320. The van der Waals surface area contributed by atoms with Gasteiger partial charge in [0, 0.05) is 43.6 Å². The van der Waals surface area contributed by atoms with Crippen LogP contribution < -0.4 is 10.2 Å². The predicted molar refractivity (Wildman–Crippen MR) is 87.9 cm³/mol. The number of nitrogens with zero attached hydrogens (tertiary/aromatic N) is 2. The van der Waals surface area contributed by atoms with Gasteiger partial charge in [0.05, 0.1) is 0 Å². The number of rotatable bonds is 4. The highest BCUT2D eigenvalue weighted by Crippen LogP contribution is 2.40. The van der Waals surface area contributed by atoms with E-state index in [1.165, 1.54) is 28.9 Å². The van der Waals surface area contributed by atoms with Crippen LogP contribution in [0.4, 0.5) is 5.69 Å². The molecular weight excluding hydrogens is 258 g/mol. The summed E-state index contributed by atoms with van der Waals surface area (Å²) in [4.78, 5) is 6.79. The van der Waals surface area contributed by atoms with Crippen LogP contribution in [0.25, 0.3) is 0 Å². The molecule has 3 nitrogen and oxygen atoms in total. The van der Waals surface area contributed by atoms with Crippen LogP contribution in [0, 0.1) is 0 Å². The van der Waals surface area contributed by atoms with Crippen LogP contribution in [-0.4, -0.2) is 26.1 Å². The normalized spacial score (nSPS) is 18.3. The molecule has 0 saturated heterocycles. The van der Waals surface area contributed by atoms with E-state index in [9.17, 15) is 0 Å². The van der Waals surface area contributed by atoms with Crippen LogP contribution in [0.3, 0.4) is 0 Å². The quantitative estimate of drug-likeness (QED) is 0.933. The molecule has 110 valence electrons. The molecule has 2 unspecified atom stereocenters. The van der Waals surface area contributed by atoms with Gasteiger partial charge in [-0.15, -0.1) is 0 Å². The van der Waals surface area contributed by atoms with E-state index in [0.717, 1.165) is 6.42 Å². The summed E-state index contributed by atoms with van der Waals surface area (Å²) in [5, 5.41) is 3.51. The summed E-state index contributed by atoms with van der Waals surface area (Å²) >= 11 is 0. The summed E-state index contributed by atoms with van der Waals surface area (Å²) < 4.78 is 0. The molecule has 1 aliphatic carbocycles. The molecule has 0 fully saturated rings.